The lowest BCUT2D eigenvalue weighted by Gasteiger charge is -2.21. The summed E-state index contributed by atoms with van der Waals surface area (Å²) in [7, 11) is 0. The number of aromatic nitrogens is 1. The van der Waals surface area contributed by atoms with Crippen LogP contribution >= 0.6 is 11.8 Å². The Kier molecular flexibility index (Phi) is 8.84. The van der Waals surface area contributed by atoms with E-state index in [0.717, 1.165) is 49.6 Å². The zero-order valence-corrected chi connectivity index (χ0v) is 30.2. The summed E-state index contributed by atoms with van der Waals surface area (Å²) in [6.45, 7) is 2.97. The minimum atomic E-state index is 0.404. The largest absolute Gasteiger partial charge is 0.472 e. The van der Waals surface area contributed by atoms with Crippen molar-refractivity contribution in [2.24, 2.45) is 0 Å². The molecule has 5 heteroatoms. The van der Waals surface area contributed by atoms with Gasteiger partial charge in [0.15, 0.2) is 12.9 Å². The highest BCUT2D eigenvalue weighted by molar-refractivity contribution is 8.04. The van der Waals surface area contributed by atoms with Crippen LogP contribution in [0.25, 0.3) is 49.3 Å². The summed E-state index contributed by atoms with van der Waals surface area (Å²) in [6, 6.07) is 52.8. The van der Waals surface area contributed by atoms with Crippen LogP contribution in [-0.4, -0.2) is 6.73 Å². The van der Waals surface area contributed by atoms with Crippen molar-refractivity contribution in [3.63, 3.8) is 0 Å². The number of anilines is 1. The van der Waals surface area contributed by atoms with Crippen LogP contribution in [-0.2, 0) is 6.73 Å². The first-order valence-electron chi connectivity index (χ1n) is 17.9. The fraction of sp³-hybridized carbons (Fsp3) is 0.0625. The maximum Gasteiger partial charge on any atom is 0.292 e. The predicted octanol–water partition coefficient (Wildman–Crippen LogP) is 12.1. The Labute approximate surface area is 313 Å². The Hall–Kier alpha value is -6.30. The van der Waals surface area contributed by atoms with E-state index in [0.29, 0.717) is 13.5 Å². The molecular weight excluding hydrogens is 669 g/mol. The van der Waals surface area contributed by atoms with Gasteiger partial charge in [-0.25, -0.2) is 0 Å². The quantitative estimate of drug-likeness (QED) is 0.110. The summed E-state index contributed by atoms with van der Waals surface area (Å²) >= 11 is 1.80. The van der Waals surface area contributed by atoms with Gasteiger partial charge in [0.2, 0.25) is 5.52 Å². The highest BCUT2D eigenvalue weighted by Crippen LogP contribution is 2.49. The molecule has 0 saturated heterocycles. The molecule has 4 nitrogen and oxygen atoms in total. The van der Waals surface area contributed by atoms with Gasteiger partial charge in [-0.3, -0.25) is 0 Å². The molecular formula is C48H37N2O2S+. The Bertz CT molecular complexity index is 2740. The van der Waals surface area contributed by atoms with Gasteiger partial charge in [-0.2, -0.15) is 4.57 Å². The Balaban J connectivity index is 0.980. The first-order chi connectivity index (χ1) is 26.2. The molecule has 1 aliphatic rings. The number of rotatable bonds is 9. The maximum atomic E-state index is 6.55. The highest BCUT2D eigenvalue weighted by atomic mass is 32.2. The molecule has 8 aromatic rings. The molecule has 0 spiro atoms. The molecule has 256 valence electrons. The number of fused-ring (bicyclic) bond motifs is 6. The van der Waals surface area contributed by atoms with Crippen molar-refractivity contribution in [3.05, 3.63) is 192 Å². The first-order valence-corrected chi connectivity index (χ1v) is 18.7. The molecule has 0 amide bonds. The van der Waals surface area contributed by atoms with Gasteiger partial charge in [0, 0.05) is 27.8 Å². The highest BCUT2D eigenvalue weighted by Gasteiger charge is 2.27. The van der Waals surface area contributed by atoms with Crippen LogP contribution in [0.1, 0.15) is 12.5 Å². The molecule has 0 saturated carbocycles. The standard InChI is InChI=1S/C48H37N2O2S/c1-34(24-26-38-30-31-49(43-21-9-8-17-39(38)43)32-51-45-22-10-15-35-12-2-5-18-40(35)45)25-29-47-50(33-52-46-23-11-16-36-13-3-6-19-41(36)46)44-28-27-37-14-4-7-20-42(37)48(44)53-47/h2-31H,32-33H2,1H3/q+1. The maximum absolute atomic E-state index is 6.55. The van der Waals surface area contributed by atoms with E-state index in [2.05, 4.69) is 186 Å². The minimum absolute atomic E-state index is 0.404. The molecule has 1 aliphatic heterocycles. The third kappa shape index (κ3) is 6.52. The number of allylic oxidation sites excluding steroid dienone is 4. The summed E-state index contributed by atoms with van der Waals surface area (Å²) < 4.78 is 15.1. The van der Waals surface area contributed by atoms with Crippen molar-refractivity contribution in [2.45, 2.75) is 18.6 Å². The lowest BCUT2D eigenvalue weighted by molar-refractivity contribution is -0.700. The second-order valence-corrected chi connectivity index (χ2v) is 14.2. The molecule has 7 aromatic carbocycles. The van der Waals surface area contributed by atoms with Gasteiger partial charge in [-0.15, -0.1) is 0 Å². The van der Waals surface area contributed by atoms with Gasteiger partial charge in [-0.1, -0.05) is 151 Å². The van der Waals surface area contributed by atoms with Crippen LogP contribution in [0.2, 0.25) is 0 Å². The van der Waals surface area contributed by atoms with E-state index < -0.39 is 0 Å². The fourth-order valence-corrected chi connectivity index (χ4v) is 8.23. The van der Waals surface area contributed by atoms with Crippen molar-refractivity contribution in [1.82, 2.24) is 0 Å². The second kappa shape index (κ2) is 14.4. The molecule has 2 heterocycles. The number of pyridine rings is 1. The average molecular weight is 706 g/mol. The Morgan fingerprint density at radius 2 is 1.23 bits per heavy atom. The van der Waals surface area contributed by atoms with Crippen LogP contribution in [0.3, 0.4) is 0 Å². The number of hydrogen-bond donors (Lipinski definition) is 0. The van der Waals surface area contributed by atoms with E-state index >= 15 is 0 Å². The van der Waals surface area contributed by atoms with E-state index in [-0.39, 0.29) is 0 Å². The molecule has 0 unspecified atom stereocenters. The third-order valence-electron chi connectivity index (χ3n) is 9.80. The zero-order chi connectivity index (χ0) is 35.6. The minimum Gasteiger partial charge on any atom is -0.472 e. The lowest BCUT2D eigenvalue weighted by atomic mass is 10.1. The summed E-state index contributed by atoms with van der Waals surface area (Å²) in [5, 5.41) is 9.36. The van der Waals surface area contributed by atoms with Crippen molar-refractivity contribution >= 4 is 66.7 Å². The van der Waals surface area contributed by atoms with E-state index in [1.807, 2.05) is 12.1 Å². The van der Waals surface area contributed by atoms with E-state index in [1.165, 1.54) is 31.8 Å². The van der Waals surface area contributed by atoms with Crippen LogP contribution < -0.4 is 18.9 Å². The van der Waals surface area contributed by atoms with E-state index in [1.54, 1.807) is 11.8 Å². The topological polar surface area (TPSA) is 25.6 Å². The van der Waals surface area contributed by atoms with Gasteiger partial charge in [-0.05, 0) is 64.4 Å². The molecule has 0 aliphatic carbocycles. The smallest absolute Gasteiger partial charge is 0.292 e. The molecule has 53 heavy (non-hydrogen) atoms. The summed E-state index contributed by atoms with van der Waals surface area (Å²) in [5.41, 5.74) is 4.58. The van der Waals surface area contributed by atoms with Gasteiger partial charge in [0.1, 0.15) is 11.5 Å². The molecule has 0 N–H and O–H groups in total. The average Bonchev–Trinajstić information content (AvgIpc) is 3.58. The van der Waals surface area contributed by atoms with Crippen molar-refractivity contribution < 1.29 is 14.0 Å². The van der Waals surface area contributed by atoms with E-state index in [4.69, 9.17) is 9.47 Å². The SMILES string of the molecule is CC(C=Cc1cc[n+](COc2cccc3ccccc23)c2ccccc12)=CC=C1Sc2c(ccc3ccccc23)N1COc1cccc2ccccc12. The van der Waals surface area contributed by atoms with Crippen LogP contribution in [0.5, 0.6) is 11.5 Å². The van der Waals surface area contributed by atoms with E-state index in [9.17, 15) is 0 Å². The Morgan fingerprint density at radius 1 is 0.623 bits per heavy atom. The third-order valence-corrected chi connectivity index (χ3v) is 11.0. The lowest BCUT2D eigenvalue weighted by Crippen LogP contribution is -2.37. The zero-order valence-electron chi connectivity index (χ0n) is 29.4. The summed E-state index contributed by atoms with van der Waals surface area (Å²) in [4.78, 5) is 3.54. The summed E-state index contributed by atoms with van der Waals surface area (Å²) in [6.07, 6.45) is 10.9. The summed E-state index contributed by atoms with van der Waals surface area (Å²) in [5.74, 6) is 1.77. The molecule has 0 bridgehead atoms. The fourth-order valence-electron chi connectivity index (χ4n) is 7.05. The number of ether oxygens (including phenoxy) is 2. The van der Waals surface area contributed by atoms with Gasteiger partial charge in [0.05, 0.1) is 16.1 Å². The molecule has 0 atom stereocenters. The van der Waals surface area contributed by atoms with Crippen LogP contribution in [0, 0.1) is 0 Å². The van der Waals surface area contributed by atoms with Crippen molar-refractivity contribution in [3.8, 4) is 11.5 Å². The number of hydrogen-bond acceptors (Lipinski definition) is 4. The predicted molar refractivity (Wildman–Crippen MR) is 221 cm³/mol. The molecule has 1 aromatic heterocycles. The van der Waals surface area contributed by atoms with Gasteiger partial charge in [0.25, 0.3) is 6.73 Å². The number of para-hydroxylation sites is 1. The van der Waals surface area contributed by atoms with Crippen molar-refractivity contribution in [2.75, 3.05) is 11.6 Å². The number of thioether (sulfide) groups is 1. The molecule has 0 fully saturated rings. The number of benzene rings is 7. The van der Waals surface area contributed by atoms with Gasteiger partial charge >= 0.3 is 0 Å². The van der Waals surface area contributed by atoms with Crippen molar-refractivity contribution in [1.29, 1.82) is 0 Å². The second-order valence-electron chi connectivity index (χ2n) is 13.2. The first kappa shape index (κ1) is 32.6. The monoisotopic (exact) mass is 705 g/mol. The van der Waals surface area contributed by atoms with Gasteiger partial charge < -0.3 is 14.4 Å². The van der Waals surface area contributed by atoms with Crippen LogP contribution in [0.15, 0.2) is 192 Å². The normalized spacial score (nSPS) is 13.9. The molecule has 0 radical (unpaired) electrons. The molecule has 9 rings (SSSR count). The Morgan fingerprint density at radius 3 is 1.96 bits per heavy atom. The van der Waals surface area contributed by atoms with Crippen LogP contribution in [0.4, 0.5) is 5.69 Å². The number of nitrogens with zero attached hydrogens (tertiary/aromatic N) is 2.